The summed E-state index contributed by atoms with van der Waals surface area (Å²) in [5.74, 6) is -1.56. The summed E-state index contributed by atoms with van der Waals surface area (Å²) >= 11 is 4.01. The minimum Gasteiger partial charge on any atom is -0.477 e. The molecule has 3 aromatic heterocycles. The van der Waals surface area contributed by atoms with Crippen molar-refractivity contribution in [1.82, 2.24) is 24.6 Å². The third-order valence-corrected chi connectivity index (χ3v) is 8.72. The lowest BCUT2D eigenvalue weighted by Crippen LogP contribution is -2.71. The van der Waals surface area contributed by atoms with Crippen molar-refractivity contribution >= 4 is 69.1 Å². The van der Waals surface area contributed by atoms with Gasteiger partial charge in [-0.2, -0.15) is 0 Å². The van der Waals surface area contributed by atoms with Gasteiger partial charge in [-0.3, -0.25) is 18.9 Å². The summed E-state index contributed by atoms with van der Waals surface area (Å²) < 4.78 is 1.92. The van der Waals surface area contributed by atoms with Crippen LogP contribution in [0.4, 0.5) is 5.13 Å². The number of aliphatic carboxylic acids is 1. The van der Waals surface area contributed by atoms with Crippen molar-refractivity contribution in [3.05, 3.63) is 52.9 Å². The first-order valence-corrected chi connectivity index (χ1v) is 14.0. The fourth-order valence-electron chi connectivity index (χ4n) is 3.93. The molecule has 2 atom stereocenters. The molecule has 15 heteroatoms. The van der Waals surface area contributed by atoms with E-state index in [4.69, 9.17) is 10.6 Å². The number of imidazole rings is 1. The molecule has 0 saturated carbocycles. The maximum absolute atomic E-state index is 13.1. The van der Waals surface area contributed by atoms with E-state index in [1.165, 1.54) is 28.4 Å². The smallest absolute Gasteiger partial charge is 0.352 e. The standard InChI is InChI=1S/C22H21N7O5S3/c1-2-34-27-15(12-10-37-22(23)25-12)18(30)26-16-19(31)29-17(21(32)33)11(9-36-20(16)29)8-35-14-5-3-4-13-24-6-7-28(13)14/h3-7,10,16,20H,2,8-9H2,1H3,(H2,23,25)(H,26,30)(H,32,33)/b27-15-/t16-,20+/m1/s1. The second kappa shape index (κ2) is 10.4. The number of nitrogens with two attached hydrogens (primary N) is 1. The van der Waals surface area contributed by atoms with E-state index in [0.717, 1.165) is 22.0 Å². The fourth-order valence-corrected chi connectivity index (χ4v) is 6.99. The van der Waals surface area contributed by atoms with Gasteiger partial charge in [-0.05, 0) is 24.6 Å². The Bertz CT molecular complexity index is 1450. The van der Waals surface area contributed by atoms with E-state index in [0.29, 0.717) is 17.1 Å². The number of nitrogens with one attached hydrogen (secondary N) is 1. The molecule has 2 aliphatic heterocycles. The topological polar surface area (TPSA) is 165 Å². The number of nitrogen functional groups attached to an aromatic ring is 1. The second-order valence-electron chi connectivity index (χ2n) is 7.86. The highest BCUT2D eigenvalue weighted by atomic mass is 32.2. The van der Waals surface area contributed by atoms with E-state index in [2.05, 4.69) is 20.4 Å². The van der Waals surface area contributed by atoms with Gasteiger partial charge in [0, 0.05) is 29.3 Å². The van der Waals surface area contributed by atoms with Crippen LogP contribution in [0.2, 0.25) is 0 Å². The SMILES string of the molecule is CCO/N=C(\C(=O)N[C@@H]1C(=O)N2C(C(=O)O)=C(CSc3cccc4nccn34)CS[C@@H]12)c1csc(N)n1. The number of carbonyl (C=O) groups excluding carboxylic acids is 2. The van der Waals surface area contributed by atoms with E-state index in [9.17, 15) is 19.5 Å². The van der Waals surface area contributed by atoms with Crippen LogP contribution in [0, 0.1) is 0 Å². The Morgan fingerprint density at radius 3 is 2.97 bits per heavy atom. The van der Waals surface area contributed by atoms with Crippen molar-refractivity contribution in [2.45, 2.75) is 23.4 Å². The Hall–Kier alpha value is -3.56. The maximum atomic E-state index is 13.1. The van der Waals surface area contributed by atoms with Gasteiger partial charge < -0.3 is 21.0 Å². The van der Waals surface area contributed by atoms with Crippen molar-refractivity contribution in [3.8, 4) is 0 Å². The summed E-state index contributed by atoms with van der Waals surface area (Å²) in [6, 6.07) is 4.78. The lowest BCUT2D eigenvalue weighted by molar-refractivity contribution is -0.150. The van der Waals surface area contributed by atoms with Crippen molar-refractivity contribution in [3.63, 3.8) is 0 Å². The molecule has 192 valence electrons. The van der Waals surface area contributed by atoms with Crippen LogP contribution in [0.25, 0.3) is 5.65 Å². The number of β-lactam (4-membered cyclic amide) rings is 1. The average Bonchev–Trinajstić information content (AvgIpc) is 3.54. The maximum Gasteiger partial charge on any atom is 0.352 e. The quantitative estimate of drug-likeness (QED) is 0.152. The van der Waals surface area contributed by atoms with Gasteiger partial charge in [0.1, 0.15) is 35.1 Å². The molecule has 0 spiro atoms. The number of thiazole rings is 1. The highest BCUT2D eigenvalue weighted by Gasteiger charge is 2.54. The molecule has 1 fully saturated rings. The number of hydrogen-bond acceptors (Lipinski definition) is 11. The molecule has 5 heterocycles. The molecule has 3 aromatic rings. The third kappa shape index (κ3) is 4.76. The predicted molar refractivity (Wildman–Crippen MR) is 140 cm³/mol. The summed E-state index contributed by atoms with van der Waals surface area (Å²) in [6.07, 6.45) is 3.54. The Morgan fingerprint density at radius 2 is 2.24 bits per heavy atom. The van der Waals surface area contributed by atoms with Gasteiger partial charge in [0.15, 0.2) is 10.8 Å². The van der Waals surface area contributed by atoms with Crippen LogP contribution in [0.5, 0.6) is 0 Å². The normalized spacial score (nSPS) is 19.5. The average molecular weight is 560 g/mol. The summed E-state index contributed by atoms with van der Waals surface area (Å²) in [5.41, 5.74) is 7.18. The van der Waals surface area contributed by atoms with E-state index in [1.54, 1.807) is 18.5 Å². The number of amides is 2. The molecule has 5 rings (SSSR count). The predicted octanol–water partition coefficient (Wildman–Crippen LogP) is 1.64. The Labute approximate surface area is 223 Å². The number of aromatic nitrogens is 3. The van der Waals surface area contributed by atoms with Gasteiger partial charge >= 0.3 is 5.97 Å². The third-order valence-electron chi connectivity index (χ3n) is 5.59. The summed E-state index contributed by atoms with van der Waals surface area (Å²) in [6.45, 7) is 1.94. The van der Waals surface area contributed by atoms with Gasteiger partial charge in [0.25, 0.3) is 11.8 Å². The molecule has 1 saturated heterocycles. The van der Waals surface area contributed by atoms with Crippen LogP contribution in [0.3, 0.4) is 0 Å². The largest absolute Gasteiger partial charge is 0.477 e. The minimum absolute atomic E-state index is 0.0416. The van der Waals surface area contributed by atoms with Crippen LogP contribution in [0.1, 0.15) is 12.6 Å². The van der Waals surface area contributed by atoms with Crippen LogP contribution in [-0.4, -0.2) is 77.4 Å². The highest BCUT2D eigenvalue weighted by Crippen LogP contribution is 2.41. The lowest BCUT2D eigenvalue weighted by atomic mass is 10.0. The number of pyridine rings is 1. The molecule has 37 heavy (non-hydrogen) atoms. The zero-order chi connectivity index (χ0) is 26.1. The molecule has 0 aromatic carbocycles. The molecule has 2 amide bonds. The molecule has 2 aliphatic rings. The molecule has 0 radical (unpaired) electrons. The van der Waals surface area contributed by atoms with E-state index >= 15 is 0 Å². The number of anilines is 1. The number of rotatable bonds is 9. The number of fused-ring (bicyclic) bond motifs is 2. The van der Waals surface area contributed by atoms with E-state index in [-0.39, 0.29) is 28.8 Å². The molecule has 0 bridgehead atoms. The number of oxime groups is 1. The van der Waals surface area contributed by atoms with Gasteiger partial charge in [0.2, 0.25) is 0 Å². The molecule has 4 N–H and O–H groups in total. The monoisotopic (exact) mass is 559 g/mol. The number of thioether (sulfide) groups is 2. The first kappa shape index (κ1) is 25.1. The Balaban J connectivity index is 1.32. The van der Waals surface area contributed by atoms with E-state index < -0.39 is 29.2 Å². The van der Waals surface area contributed by atoms with Crippen LogP contribution in [0.15, 0.2) is 57.4 Å². The lowest BCUT2D eigenvalue weighted by Gasteiger charge is -2.49. The van der Waals surface area contributed by atoms with Crippen molar-refractivity contribution in [2.24, 2.45) is 5.16 Å². The van der Waals surface area contributed by atoms with Gasteiger partial charge in [0.05, 0.1) is 5.03 Å². The zero-order valence-electron chi connectivity index (χ0n) is 19.4. The number of carbonyl (C=O) groups is 3. The molecular formula is C22H21N7O5S3. The molecule has 0 unspecified atom stereocenters. The molecular weight excluding hydrogens is 538 g/mol. The van der Waals surface area contributed by atoms with Crippen molar-refractivity contribution in [2.75, 3.05) is 23.8 Å². The second-order valence-corrected chi connectivity index (χ2v) is 10.8. The van der Waals surface area contributed by atoms with Crippen LogP contribution < -0.4 is 11.1 Å². The Morgan fingerprint density at radius 1 is 1.41 bits per heavy atom. The molecule has 0 aliphatic carbocycles. The summed E-state index contributed by atoms with van der Waals surface area (Å²) in [5, 5.41) is 18.6. The van der Waals surface area contributed by atoms with E-state index in [1.807, 2.05) is 28.8 Å². The summed E-state index contributed by atoms with van der Waals surface area (Å²) in [7, 11) is 0. The zero-order valence-corrected chi connectivity index (χ0v) is 21.8. The first-order chi connectivity index (χ1) is 17.9. The van der Waals surface area contributed by atoms with Gasteiger partial charge in [-0.1, -0.05) is 11.2 Å². The van der Waals surface area contributed by atoms with Gasteiger partial charge in [-0.25, -0.2) is 14.8 Å². The highest BCUT2D eigenvalue weighted by molar-refractivity contribution is 8.01. The van der Waals surface area contributed by atoms with Crippen molar-refractivity contribution in [1.29, 1.82) is 0 Å². The summed E-state index contributed by atoms with van der Waals surface area (Å²) in [4.78, 5) is 52.9. The fraction of sp³-hybridized carbons (Fsp3) is 0.273. The van der Waals surface area contributed by atoms with Crippen LogP contribution >= 0.6 is 34.9 Å². The number of carboxylic acid groups (broad SMARTS) is 1. The minimum atomic E-state index is -1.18. The number of hydrogen-bond donors (Lipinski definition) is 3. The Kier molecular flexibility index (Phi) is 7.08. The van der Waals surface area contributed by atoms with Crippen LogP contribution in [-0.2, 0) is 19.2 Å². The number of carboxylic acids is 1. The van der Waals surface area contributed by atoms with Gasteiger partial charge in [-0.15, -0.1) is 34.9 Å². The van der Waals surface area contributed by atoms with Crippen molar-refractivity contribution < 1.29 is 24.3 Å². The number of nitrogens with zero attached hydrogens (tertiary/aromatic N) is 5. The first-order valence-electron chi connectivity index (χ1n) is 11.1. The molecule has 12 nitrogen and oxygen atoms in total.